The third-order valence-corrected chi connectivity index (χ3v) is 3.89. The lowest BCUT2D eigenvalue weighted by molar-refractivity contribution is 0.261. The van der Waals surface area contributed by atoms with Crippen molar-refractivity contribution in [3.63, 3.8) is 0 Å². The second kappa shape index (κ2) is 7.70. The maximum atomic E-state index is 12.9. The van der Waals surface area contributed by atoms with Crippen LogP contribution in [-0.4, -0.2) is 4.98 Å². The molecule has 0 bridgehead atoms. The van der Waals surface area contributed by atoms with Gasteiger partial charge in [-0.3, -0.25) is 0 Å². The molecule has 0 radical (unpaired) electrons. The zero-order valence-electron chi connectivity index (χ0n) is 14.5. The van der Waals surface area contributed by atoms with E-state index in [1.54, 1.807) is 12.1 Å². The van der Waals surface area contributed by atoms with Crippen LogP contribution in [0.5, 0.6) is 5.75 Å². The first-order chi connectivity index (χ1) is 12.6. The number of halogens is 1. The van der Waals surface area contributed by atoms with Crippen LogP contribution in [0, 0.1) is 31.0 Å². The molecule has 1 N–H and O–H groups in total. The molecule has 0 saturated carbocycles. The molecular formula is C20H18FN3O2. The molecule has 26 heavy (non-hydrogen) atoms. The Kier molecular flexibility index (Phi) is 5.18. The second-order valence-electron chi connectivity index (χ2n) is 5.89. The molecule has 0 amide bonds. The van der Waals surface area contributed by atoms with Crippen molar-refractivity contribution in [2.75, 3.05) is 5.32 Å². The van der Waals surface area contributed by atoms with Gasteiger partial charge in [-0.2, -0.15) is 10.2 Å². The third-order valence-electron chi connectivity index (χ3n) is 3.89. The number of nitriles is 1. The standard InChI is InChI=1S/C20H18FN3O2/c1-13-4-3-5-14(2)19(13)25-12-18-24-17(10-22)20(26-18)23-11-15-6-8-16(21)9-7-15/h3-9,23H,11-12H2,1-2H3. The summed E-state index contributed by atoms with van der Waals surface area (Å²) in [5.74, 6) is 1.07. The van der Waals surface area contributed by atoms with Gasteiger partial charge in [0.1, 0.15) is 17.6 Å². The zero-order valence-corrected chi connectivity index (χ0v) is 14.5. The van der Waals surface area contributed by atoms with E-state index in [9.17, 15) is 9.65 Å². The summed E-state index contributed by atoms with van der Waals surface area (Å²) >= 11 is 0. The van der Waals surface area contributed by atoms with E-state index in [0.29, 0.717) is 12.4 Å². The average Bonchev–Trinajstić information content (AvgIpc) is 3.03. The molecule has 0 aliphatic heterocycles. The topological polar surface area (TPSA) is 71.1 Å². The maximum absolute atomic E-state index is 12.9. The van der Waals surface area contributed by atoms with Crippen LogP contribution in [0.15, 0.2) is 46.9 Å². The van der Waals surface area contributed by atoms with Crippen LogP contribution < -0.4 is 10.1 Å². The minimum absolute atomic E-state index is 0.124. The minimum Gasteiger partial charge on any atom is -0.483 e. The van der Waals surface area contributed by atoms with Crippen LogP contribution in [-0.2, 0) is 13.2 Å². The van der Waals surface area contributed by atoms with Gasteiger partial charge in [0.15, 0.2) is 6.61 Å². The summed E-state index contributed by atoms with van der Waals surface area (Å²) in [7, 11) is 0. The number of rotatable bonds is 6. The number of ether oxygens (including phenoxy) is 1. The van der Waals surface area contributed by atoms with Crippen molar-refractivity contribution in [1.29, 1.82) is 5.26 Å². The van der Waals surface area contributed by atoms with Gasteiger partial charge in [0.2, 0.25) is 17.5 Å². The molecule has 0 unspecified atom stereocenters. The Hall–Kier alpha value is -3.33. The molecule has 0 aliphatic rings. The predicted molar refractivity (Wildman–Crippen MR) is 95.2 cm³/mol. The first-order valence-corrected chi connectivity index (χ1v) is 8.14. The van der Waals surface area contributed by atoms with Crippen LogP contribution in [0.4, 0.5) is 10.3 Å². The van der Waals surface area contributed by atoms with Gasteiger partial charge in [-0.05, 0) is 42.7 Å². The predicted octanol–water partition coefficient (Wildman–Crippen LogP) is 4.49. The van der Waals surface area contributed by atoms with Crippen molar-refractivity contribution in [2.24, 2.45) is 0 Å². The number of nitrogens with one attached hydrogen (secondary N) is 1. The second-order valence-corrected chi connectivity index (χ2v) is 5.89. The molecule has 0 aliphatic carbocycles. The molecule has 0 atom stereocenters. The quantitative estimate of drug-likeness (QED) is 0.708. The fourth-order valence-corrected chi connectivity index (χ4v) is 2.57. The largest absolute Gasteiger partial charge is 0.483 e. The van der Waals surface area contributed by atoms with Gasteiger partial charge in [-0.15, -0.1) is 0 Å². The molecule has 6 heteroatoms. The van der Waals surface area contributed by atoms with Crippen LogP contribution >= 0.6 is 0 Å². The van der Waals surface area contributed by atoms with E-state index in [4.69, 9.17) is 9.15 Å². The lowest BCUT2D eigenvalue weighted by Gasteiger charge is -2.10. The number of hydrogen-bond acceptors (Lipinski definition) is 5. The van der Waals surface area contributed by atoms with E-state index in [2.05, 4.69) is 10.3 Å². The van der Waals surface area contributed by atoms with Gasteiger partial charge in [-0.1, -0.05) is 30.3 Å². The van der Waals surface area contributed by atoms with Crippen LogP contribution in [0.2, 0.25) is 0 Å². The van der Waals surface area contributed by atoms with Crippen molar-refractivity contribution >= 4 is 5.88 Å². The SMILES string of the molecule is Cc1cccc(C)c1OCc1nc(C#N)c(NCc2ccc(F)cc2)o1. The van der Waals surface area contributed by atoms with Crippen molar-refractivity contribution in [2.45, 2.75) is 27.0 Å². The monoisotopic (exact) mass is 351 g/mol. The fraction of sp³-hybridized carbons (Fsp3) is 0.200. The highest BCUT2D eigenvalue weighted by molar-refractivity contribution is 5.46. The first-order valence-electron chi connectivity index (χ1n) is 8.14. The van der Waals surface area contributed by atoms with Gasteiger partial charge in [0.05, 0.1) is 0 Å². The smallest absolute Gasteiger partial charge is 0.236 e. The minimum atomic E-state index is -0.294. The summed E-state index contributed by atoms with van der Waals surface area (Å²) in [5.41, 5.74) is 3.06. The van der Waals surface area contributed by atoms with E-state index in [-0.39, 0.29) is 24.0 Å². The number of para-hydroxylation sites is 1. The third kappa shape index (κ3) is 4.01. The van der Waals surface area contributed by atoms with Gasteiger partial charge < -0.3 is 14.5 Å². The number of aryl methyl sites for hydroxylation is 2. The molecule has 0 saturated heterocycles. The Morgan fingerprint density at radius 3 is 2.50 bits per heavy atom. The first kappa shape index (κ1) is 17.5. The number of hydrogen-bond donors (Lipinski definition) is 1. The molecular weight excluding hydrogens is 333 g/mol. The van der Waals surface area contributed by atoms with Crippen LogP contribution in [0.3, 0.4) is 0 Å². The van der Waals surface area contributed by atoms with Crippen molar-refractivity contribution in [3.05, 3.63) is 76.6 Å². The summed E-state index contributed by atoms with van der Waals surface area (Å²) in [6.45, 7) is 4.45. The molecule has 1 aromatic heterocycles. The summed E-state index contributed by atoms with van der Waals surface area (Å²) < 4.78 is 24.4. The lowest BCUT2D eigenvalue weighted by atomic mass is 10.1. The summed E-state index contributed by atoms with van der Waals surface area (Å²) in [6, 6.07) is 14.0. The van der Waals surface area contributed by atoms with E-state index in [0.717, 1.165) is 22.4 Å². The number of nitrogens with zero attached hydrogens (tertiary/aromatic N) is 2. The number of anilines is 1. The van der Waals surface area contributed by atoms with E-state index in [1.807, 2.05) is 38.1 Å². The normalized spacial score (nSPS) is 10.4. The summed E-state index contributed by atoms with van der Waals surface area (Å²) in [6.07, 6.45) is 0. The molecule has 3 rings (SSSR count). The van der Waals surface area contributed by atoms with Crippen LogP contribution in [0.1, 0.15) is 28.3 Å². The van der Waals surface area contributed by atoms with E-state index < -0.39 is 0 Å². The number of oxazole rings is 1. The molecule has 1 heterocycles. The summed E-state index contributed by atoms with van der Waals surface area (Å²) in [5, 5.41) is 12.2. The van der Waals surface area contributed by atoms with Gasteiger partial charge >= 0.3 is 0 Å². The highest BCUT2D eigenvalue weighted by Gasteiger charge is 2.14. The Morgan fingerprint density at radius 2 is 1.85 bits per heavy atom. The Labute approximate surface area is 151 Å². The summed E-state index contributed by atoms with van der Waals surface area (Å²) in [4.78, 5) is 4.15. The van der Waals surface area contributed by atoms with Crippen molar-refractivity contribution in [1.82, 2.24) is 4.98 Å². The fourth-order valence-electron chi connectivity index (χ4n) is 2.57. The maximum Gasteiger partial charge on any atom is 0.236 e. The average molecular weight is 351 g/mol. The highest BCUT2D eigenvalue weighted by atomic mass is 19.1. The van der Waals surface area contributed by atoms with Crippen molar-refractivity contribution < 1.29 is 13.5 Å². The van der Waals surface area contributed by atoms with Gasteiger partial charge in [0, 0.05) is 6.54 Å². The highest BCUT2D eigenvalue weighted by Crippen LogP contribution is 2.24. The number of aromatic nitrogens is 1. The molecule has 0 fully saturated rings. The lowest BCUT2D eigenvalue weighted by Crippen LogP contribution is -2.00. The zero-order chi connectivity index (χ0) is 18.5. The molecule has 2 aromatic carbocycles. The molecule has 132 valence electrons. The van der Waals surface area contributed by atoms with E-state index in [1.165, 1.54) is 12.1 Å². The Balaban J connectivity index is 1.68. The van der Waals surface area contributed by atoms with Crippen LogP contribution in [0.25, 0.3) is 0 Å². The van der Waals surface area contributed by atoms with Crippen molar-refractivity contribution in [3.8, 4) is 11.8 Å². The van der Waals surface area contributed by atoms with Gasteiger partial charge in [-0.25, -0.2) is 4.39 Å². The van der Waals surface area contributed by atoms with E-state index >= 15 is 0 Å². The number of benzene rings is 2. The van der Waals surface area contributed by atoms with Gasteiger partial charge in [0.25, 0.3) is 0 Å². The Morgan fingerprint density at radius 1 is 1.15 bits per heavy atom. The molecule has 5 nitrogen and oxygen atoms in total. The molecule has 0 spiro atoms. The Bertz CT molecular complexity index is 922. The molecule has 3 aromatic rings.